The molecule has 0 radical (unpaired) electrons. The highest BCUT2D eigenvalue weighted by Gasteiger charge is 1.99. The third-order valence-corrected chi connectivity index (χ3v) is 2.80. The Kier molecular flexibility index (Phi) is 6.80. The fraction of sp³-hybridized carbons (Fsp3) is 0.545. The van der Waals surface area contributed by atoms with Gasteiger partial charge in [0.2, 0.25) is 5.91 Å². The number of carbonyl (C=O) groups excluding carboxylic acids is 1. The number of amides is 1. The molecule has 1 aromatic rings. The third-order valence-electron chi connectivity index (χ3n) is 2.07. The van der Waals surface area contributed by atoms with Gasteiger partial charge in [0.25, 0.3) is 0 Å². The van der Waals surface area contributed by atoms with E-state index >= 15 is 0 Å². The molecule has 0 unspecified atom stereocenters. The number of hydrogen-bond acceptors (Lipinski definition) is 4. The second-order valence-electron chi connectivity index (χ2n) is 3.40. The first-order valence-corrected chi connectivity index (χ1v) is 6.24. The largest absolute Gasteiger partial charge is 0.383 e. The minimum absolute atomic E-state index is 0.0647. The van der Waals surface area contributed by atoms with Crippen LogP contribution in [0.3, 0.4) is 0 Å². The lowest BCUT2D eigenvalue weighted by atomic mass is 10.3. The van der Waals surface area contributed by atoms with Crippen molar-refractivity contribution in [1.29, 1.82) is 0 Å². The molecule has 0 atom stereocenters. The first-order valence-electron chi connectivity index (χ1n) is 5.30. The van der Waals surface area contributed by atoms with E-state index < -0.39 is 0 Å². The Labute approximate surface area is 100 Å². The molecule has 5 heteroatoms. The predicted octanol–water partition coefficient (Wildman–Crippen LogP) is 0.990. The van der Waals surface area contributed by atoms with E-state index in [9.17, 15) is 4.79 Å². The SMILES string of the molecule is COCCNC(=O)CCNCc1ccsc1. The van der Waals surface area contributed by atoms with Gasteiger partial charge < -0.3 is 15.4 Å². The molecule has 1 heterocycles. The lowest BCUT2D eigenvalue weighted by molar-refractivity contribution is -0.121. The Morgan fingerprint density at radius 1 is 1.50 bits per heavy atom. The summed E-state index contributed by atoms with van der Waals surface area (Å²) in [5.41, 5.74) is 1.27. The van der Waals surface area contributed by atoms with Crippen LogP contribution in [-0.2, 0) is 16.1 Å². The first-order chi connectivity index (χ1) is 7.83. The summed E-state index contributed by atoms with van der Waals surface area (Å²) < 4.78 is 4.84. The van der Waals surface area contributed by atoms with E-state index in [2.05, 4.69) is 27.5 Å². The monoisotopic (exact) mass is 242 g/mol. The Balaban J connectivity index is 1.96. The van der Waals surface area contributed by atoms with Crippen LogP contribution in [0.1, 0.15) is 12.0 Å². The zero-order valence-electron chi connectivity index (χ0n) is 9.49. The molecule has 2 N–H and O–H groups in total. The smallest absolute Gasteiger partial charge is 0.221 e. The van der Waals surface area contributed by atoms with Crippen molar-refractivity contribution < 1.29 is 9.53 Å². The van der Waals surface area contributed by atoms with E-state index in [4.69, 9.17) is 4.74 Å². The summed E-state index contributed by atoms with van der Waals surface area (Å²) in [5, 5.41) is 10.2. The van der Waals surface area contributed by atoms with Crippen LogP contribution in [0.2, 0.25) is 0 Å². The van der Waals surface area contributed by atoms with Gasteiger partial charge in [-0.15, -0.1) is 0 Å². The molecule has 0 fully saturated rings. The lowest BCUT2D eigenvalue weighted by Gasteiger charge is -2.05. The number of carbonyl (C=O) groups is 1. The number of hydrogen-bond donors (Lipinski definition) is 2. The van der Waals surface area contributed by atoms with E-state index in [0.29, 0.717) is 26.1 Å². The van der Waals surface area contributed by atoms with E-state index in [1.54, 1.807) is 18.4 Å². The zero-order valence-corrected chi connectivity index (χ0v) is 10.3. The minimum atomic E-state index is 0.0647. The zero-order chi connectivity index (χ0) is 11.6. The molecule has 0 spiro atoms. The molecule has 1 aromatic heterocycles. The van der Waals surface area contributed by atoms with Gasteiger partial charge in [-0.3, -0.25) is 4.79 Å². The Hall–Kier alpha value is -0.910. The molecular formula is C11H18N2O2S. The van der Waals surface area contributed by atoms with Crippen molar-refractivity contribution in [1.82, 2.24) is 10.6 Å². The third kappa shape index (κ3) is 5.85. The Morgan fingerprint density at radius 3 is 3.06 bits per heavy atom. The molecule has 4 nitrogen and oxygen atoms in total. The number of thiophene rings is 1. The maximum absolute atomic E-state index is 11.3. The number of rotatable bonds is 8. The molecule has 0 saturated carbocycles. The Bertz CT molecular complexity index is 288. The average Bonchev–Trinajstić information content (AvgIpc) is 2.78. The van der Waals surface area contributed by atoms with Crippen molar-refractivity contribution in [2.45, 2.75) is 13.0 Å². The van der Waals surface area contributed by atoms with Gasteiger partial charge in [-0.2, -0.15) is 11.3 Å². The van der Waals surface area contributed by atoms with Crippen LogP contribution in [0.15, 0.2) is 16.8 Å². The summed E-state index contributed by atoms with van der Waals surface area (Å²) in [5.74, 6) is 0.0647. The summed E-state index contributed by atoms with van der Waals surface area (Å²) >= 11 is 1.68. The van der Waals surface area contributed by atoms with Gasteiger partial charge in [0.1, 0.15) is 0 Å². The highest BCUT2D eigenvalue weighted by Crippen LogP contribution is 2.04. The molecule has 1 rings (SSSR count). The number of methoxy groups -OCH3 is 1. The van der Waals surface area contributed by atoms with Crippen molar-refractivity contribution >= 4 is 17.2 Å². The molecule has 0 bridgehead atoms. The molecule has 16 heavy (non-hydrogen) atoms. The van der Waals surface area contributed by atoms with Crippen molar-refractivity contribution in [2.75, 3.05) is 26.8 Å². The van der Waals surface area contributed by atoms with Gasteiger partial charge in [0.15, 0.2) is 0 Å². The van der Waals surface area contributed by atoms with Gasteiger partial charge in [-0.25, -0.2) is 0 Å². The maximum Gasteiger partial charge on any atom is 0.221 e. The van der Waals surface area contributed by atoms with Crippen molar-refractivity contribution in [3.05, 3.63) is 22.4 Å². The van der Waals surface area contributed by atoms with Gasteiger partial charge in [0.05, 0.1) is 6.61 Å². The van der Waals surface area contributed by atoms with Gasteiger partial charge in [-0.05, 0) is 22.4 Å². The molecule has 0 saturated heterocycles. The summed E-state index contributed by atoms with van der Waals surface area (Å²) in [4.78, 5) is 11.3. The van der Waals surface area contributed by atoms with Gasteiger partial charge in [-0.1, -0.05) is 0 Å². The van der Waals surface area contributed by atoms with Crippen LogP contribution in [-0.4, -0.2) is 32.7 Å². The molecule has 0 aliphatic heterocycles. The summed E-state index contributed by atoms with van der Waals surface area (Å²) in [6.45, 7) is 2.68. The van der Waals surface area contributed by atoms with Crippen LogP contribution in [0, 0.1) is 0 Å². The minimum Gasteiger partial charge on any atom is -0.383 e. The van der Waals surface area contributed by atoms with Crippen LogP contribution < -0.4 is 10.6 Å². The highest BCUT2D eigenvalue weighted by molar-refractivity contribution is 7.07. The molecular weight excluding hydrogens is 224 g/mol. The van der Waals surface area contributed by atoms with Crippen LogP contribution in [0.25, 0.3) is 0 Å². The molecule has 90 valence electrons. The van der Waals surface area contributed by atoms with Crippen molar-refractivity contribution in [3.8, 4) is 0 Å². The predicted molar refractivity (Wildman–Crippen MR) is 65.5 cm³/mol. The van der Waals surface area contributed by atoms with E-state index in [1.807, 2.05) is 0 Å². The first kappa shape index (κ1) is 13.2. The lowest BCUT2D eigenvalue weighted by Crippen LogP contribution is -2.29. The highest BCUT2D eigenvalue weighted by atomic mass is 32.1. The molecule has 0 aliphatic rings. The molecule has 0 aromatic carbocycles. The molecule has 1 amide bonds. The van der Waals surface area contributed by atoms with Crippen LogP contribution in [0.4, 0.5) is 0 Å². The normalized spacial score (nSPS) is 10.3. The number of nitrogens with one attached hydrogen (secondary N) is 2. The maximum atomic E-state index is 11.3. The van der Waals surface area contributed by atoms with Gasteiger partial charge in [0, 0.05) is 33.2 Å². The van der Waals surface area contributed by atoms with Crippen LogP contribution >= 0.6 is 11.3 Å². The van der Waals surface area contributed by atoms with E-state index in [1.165, 1.54) is 5.56 Å². The topological polar surface area (TPSA) is 50.4 Å². The summed E-state index contributed by atoms with van der Waals surface area (Å²) in [6.07, 6.45) is 0.508. The molecule has 0 aliphatic carbocycles. The second-order valence-corrected chi connectivity index (χ2v) is 4.18. The van der Waals surface area contributed by atoms with Crippen molar-refractivity contribution in [2.24, 2.45) is 0 Å². The Morgan fingerprint density at radius 2 is 2.38 bits per heavy atom. The standard InChI is InChI=1S/C11H18N2O2S/c1-15-6-5-13-11(14)2-4-12-8-10-3-7-16-9-10/h3,7,9,12H,2,4-6,8H2,1H3,(H,13,14). The van der Waals surface area contributed by atoms with Crippen LogP contribution in [0.5, 0.6) is 0 Å². The number of ether oxygens (including phenoxy) is 1. The second kappa shape index (κ2) is 8.27. The fourth-order valence-corrected chi connectivity index (χ4v) is 1.88. The van der Waals surface area contributed by atoms with Crippen molar-refractivity contribution in [3.63, 3.8) is 0 Å². The summed E-state index contributed by atoms with van der Waals surface area (Å²) in [7, 11) is 1.62. The van der Waals surface area contributed by atoms with E-state index in [0.717, 1.165) is 6.54 Å². The van der Waals surface area contributed by atoms with E-state index in [-0.39, 0.29) is 5.91 Å². The van der Waals surface area contributed by atoms with Gasteiger partial charge >= 0.3 is 0 Å². The quantitative estimate of drug-likeness (QED) is 0.668. The summed E-state index contributed by atoms with van der Waals surface area (Å²) in [6, 6.07) is 2.08. The average molecular weight is 242 g/mol. The fourth-order valence-electron chi connectivity index (χ4n) is 1.21.